The molecule has 2 atom stereocenters. The van der Waals surface area contributed by atoms with Gasteiger partial charge < -0.3 is 5.11 Å². The molecule has 2 unspecified atom stereocenters. The van der Waals surface area contributed by atoms with Crippen LogP contribution in [0.25, 0.3) is 0 Å². The molecule has 0 amide bonds. The summed E-state index contributed by atoms with van der Waals surface area (Å²) >= 11 is 0. The second kappa shape index (κ2) is 8.50. The summed E-state index contributed by atoms with van der Waals surface area (Å²) in [6.45, 7) is 1.83. The Bertz CT molecular complexity index is 822. The van der Waals surface area contributed by atoms with Crippen LogP contribution in [0.2, 0.25) is 0 Å². The Morgan fingerprint density at radius 1 is 0.692 bits per heavy atom. The van der Waals surface area contributed by atoms with Crippen LogP contribution < -0.4 is 0 Å². The van der Waals surface area contributed by atoms with Crippen LogP contribution in [-0.2, 0) is 13.0 Å². The first-order valence-electron chi connectivity index (χ1n) is 8.92. The molecule has 134 valence electrons. The molecule has 0 spiro atoms. The Morgan fingerprint density at radius 2 is 1.23 bits per heavy atom. The van der Waals surface area contributed by atoms with Gasteiger partial charge in [-0.2, -0.15) is 0 Å². The SMILES string of the molecule is Cl.OC(c1ccccc1)C(c1ccccc1)N1CCc2ccccc2C1. The molecule has 0 saturated carbocycles. The van der Waals surface area contributed by atoms with Gasteiger partial charge >= 0.3 is 0 Å². The maximum Gasteiger partial charge on any atom is 0.0986 e. The highest BCUT2D eigenvalue weighted by Gasteiger charge is 2.31. The van der Waals surface area contributed by atoms with E-state index in [1.165, 1.54) is 16.7 Å². The Hall–Kier alpha value is -2.13. The number of fused-ring (bicyclic) bond motifs is 1. The summed E-state index contributed by atoms with van der Waals surface area (Å²) in [5, 5.41) is 11.2. The third-order valence-electron chi connectivity index (χ3n) is 5.13. The van der Waals surface area contributed by atoms with Crippen molar-refractivity contribution in [3.8, 4) is 0 Å². The van der Waals surface area contributed by atoms with Crippen molar-refractivity contribution in [1.29, 1.82) is 0 Å². The van der Waals surface area contributed by atoms with Crippen LogP contribution in [0.3, 0.4) is 0 Å². The molecule has 0 bridgehead atoms. The number of nitrogens with zero attached hydrogens (tertiary/aromatic N) is 1. The smallest absolute Gasteiger partial charge is 0.0986 e. The van der Waals surface area contributed by atoms with Gasteiger partial charge in [0.2, 0.25) is 0 Å². The van der Waals surface area contributed by atoms with Gasteiger partial charge in [0.25, 0.3) is 0 Å². The zero-order valence-corrected chi connectivity index (χ0v) is 15.5. The van der Waals surface area contributed by atoms with Crippen LogP contribution >= 0.6 is 12.4 Å². The van der Waals surface area contributed by atoms with E-state index in [1.807, 2.05) is 36.4 Å². The Balaban J connectivity index is 0.00000196. The first-order valence-corrected chi connectivity index (χ1v) is 8.92. The van der Waals surface area contributed by atoms with Crippen molar-refractivity contribution in [2.24, 2.45) is 0 Å². The number of rotatable bonds is 4. The largest absolute Gasteiger partial charge is 0.386 e. The number of hydrogen-bond donors (Lipinski definition) is 1. The van der Waals surface area contributed by atoms with E-state index in [0.717, 1.165) is 25.1 Å². The minimum absolute atomic E-state index is 0. The van der Waals surface area contributed by atoms with Crippen molar-refractivity contribution in [1.82, 2.24) is 4.90 Å². The molecule has 0 aromatic heterocycles. The van der Waals surface area contributed by atoms with Crippen molar-refractivity contribution in [3.05, 3.63) is 107 Å². The van der Waals surface area contributed by atoms with Gasteiger partial charge in [0, 0.05) is 13.1 Å². The molecular weight excluding hydrogens is 342 g/mol. The lowest BCUT2D eigenvalue weighted by Crippen LogP contribution is -2.37. The normalized spacial score (nSPS) is 16.2. The molecule has 2 nitrogen and oxygen atoms in total. The van der Waals surface area contributed by atoms with Crippen molar-refractivity contribution < 1.29 is 5.11 Å². The molecule has 1 aliphatic heterocycles. The second-order valence-corrected chi connectivity index (χ2v) is 6.70. The Morgan fingerprint density at radius 3 is 1.88 bits per heavy atom. The number of aliphatic hydroxyl groups is 1. The van der Waals surface area contributed by atoms with Crippen molar-refractivity contribution >= 4 is 12.4 Å². The Labute approximate surface area is 161 Å². The van der Waals surface area contributed by atoms with Crippen LogP contribution in [-0.4, -0.2) is 16.6 Å². The topological polar surface area (TPSA) is 23.5 Å². The zero-order valence-electron chi connectivity index (χ0n) is 14.7. The summed E-state index contributed by atoms with van der Waals surface area (Å²) in [6, 6.07) is 29.0. The van der Waals surface area contributed by atoms with Gasteiger partial charge in [0.15, 0.2) is 0 Å². The molecule has 3 aromatic carbocycles. The third kappa shape index (κ3) is 3.83. The lowest BCUT2D eigenvalue weighted by molar-refractivity contribution is 0.0390. The van der Waals surface area contributed by atoms with Gasteiger partial charge in [-0.05, 0) is 28.7 Å². The molecule has 26 heavy (non-hydrogen) atoms. The van der Waals surface area contributed by atoms with Crippen molar-refractivity contribution in [2.45, 2.75) is 25.1 Å². The molecule has 0 saturated heterocycles. The van der Waals surface area contributed by atoms with Gasteiger partial charge in [0.1, 0.15) is 0 Å². The number of aliphatic hydroxyl groups excluding tert-OH is 1. The van der Waals surface area contributed by atoms with Gasteiger partial charge in [-0.15, -0.1) is 12.4 Å². The second-order valence-electron chi connectivity index (χ2n) is 6.70. The van der Waals surface area contributed by atoms with E-state index in [-0.39, 0.29) is 18.4 Å². The highest BCUT2D eigenvalue weighted by molar-refractivity contribution is 5.85. The lowest BCUT2D eigenvalue weighted by Gasteiger charge is -2.38. The zero-order chi connectivity index (χ0) is 17.1. The summed E-state index contributed by atoms with van der Waals surface area (Å²) in [5.74, 6) is 0. The fraction of sp³-hybridized carbons (Fsp3) is 0.217. The van der Waals surface area contributed by atoms with Crippen LogP contribution in [0.1, 0.15) is 34.4 Å². The third-order valence-corrected chi connectivity index (χ3v) is 5.13. The van der Waals surface area contributed by atoms with Gasteiger partial charge in [-0.25, -0.2) is 0 Å². The summed E-state index contributed by atoms with van der Waals surface area (Å²) in [4.78, 5) is 2.41. The number of hydrogen-bond acceptors (Lipinski definition) is 2. The summed E-state index contributed by atoms with van der Waals surface area (Å²) in [7, 11) is 0. The van der Waals surface area contributed by atoms with Crippen LogP contribution in [0, 0.1) is 0 Å². The first kappa shape index (κ1) is 18.7. The standard InChI is InChI=1S/C23H23NO.ClH/c25-23(20-12-5-2-6-13-20)22(19-10-3-1-4-11-19)24-16-15-18-9-7-8-14-21(18)17-24;/h1-14,22-23,25H,15-17H2;1H. The molecule has 3 heteroatoms. The average molecular weight is 366 g/mol. The monoisotopic (exact) mass is 365 g/mol. The molecule has 1 heterocycles. The van der Waals surface area contributed by atoms with Gasteiger partial charge in [-0.3, -0.25) is 4.90 Å². The molecule has 1 aliphatic rings. The summed E-state index contributed by atoms with van der Waals surface area (Å²) < 4.78 is 0. The molecular formula is C23H24ClNO. The molecule has 0 radical (unpaired) electrons. The van der Waals surface area contributed by atoms with E-state index in [0.29, 0.717) is 0 Å². The first-order chi connectivity index (χ1) is 12.3. The van der Waals surface area contributed by atoms with Gasteiger partial charge in [-0.1, -0.05) is 84.9 Å². The minimum atomic E-state index is -0.547. The van der Waals surface area contributed by atoms with E-state index in [4.69, 9.17) is 0 Å². The maximum atomic E-state index is 11.2. The molecule has 1 N–H and O–H groups in total. The summed E-state index contributed by atoms with van der Waals surface area (Å²) in [6.07, 6.45) is 0.481. The van der Waals surface area contributed by atoms with Crippen molar-refractivity contribution in [2.75, 3.05) is 6.54 Å². The highest BCUT2D eigenvalue weighted by Crippen LogP contribution is 2.36. The van der Waals surface area contributed by atoms with E-state index < -0.39 is 6.10 Å². The van der Waals surface area contributed by atoms with E-state index in [9.17, 15) is 5.11 Å². The Kier molecular flexibility index (Phi) is 6.10. The van der Waals surface area contributed by atoms with E-state index in [2.05, 4.69) is 53.4 Å². The lowest BCUT2D eigenvalue weighted by atomic mass is 9.91. The predicted octanol–water partition coefficient (Wildman–Crippen LogP) is 4.94. The molecule has 3 aromatic rings. The number of benzene rings is 3. The van der Waals surface area contributed by atoms with Crippen molar-refractivity contribution in [3.63, 3.8) is 0 Å². The fourth-order valence-electron chi connectivity index (χ4n) is 3.83. The quantitative estimate of drug-likeness (QED) is 0.707. The van der Waals surface area contributed by atoms with E-state index in [1.54, 1.807) is 0 Å². The van der Waals surface area contributed by atoms with Crippen LogP contribution in [0.4, 0.5) is 0 Å². The molecule has 0 aliphatic carbocycles. The molecule has 4 rings (SSSR count). The maximum absolute atomic E-state index is 11.2. The average Bonchev–Trinajstić information content (AvgIpc) is 2.69. The number of halogens is 1. The van der Waals surface area contributed by atoms with Crippen LogP contribution in [0.5, 0.6) is 0 Å². The van der Waals surface area contributed by atoms with E-state index >= 15 is 0 Å². The van der Waals surface area contributed by atoms with Gasteiger partial charge in [0.05, 0.1) is 12.1 Å². The fourth-order valence-corrected chi connectivity index (χ4v) is 3.83. The molecule has 0 fully saturated rings. The highest BCUT2D eigenvalue weighted by atomic mass is 35.5. The predicted molar refractivity (Wildman–Crippen MR) is 108 cm³/mol. The van der Waals surface area contributed by atoms with Crippen LogP contribution in [0.15, 0.2) is 84.9 Å². The minimum Gasteiger partial charge on any atom is -0.386 e. The summed E-state index contributed by atoms with van der Waals surface area (Å²) in [5.41, 5.74) is 4.93.